The molecule has 4 nitrogen and oxygen atoms in total. The number of β-amino-alcohol motifs (C(OH)–C–C–N with tert-alkyl or cyclic N) is 1. The highest BCUT2D eigenvalue weighted by Crippen LogP contribution is 2.33. The van der Waals surface area contributed by atoms with E-state index in [1.165, 1.54) is 12.1 Å². The number of halogens is 1. The standard InChI is InChI=1S/C18H18FNO3/c1-23-16-8-4-13(5-9-16)18(22)20-11-15(21)10-17(20)12-2-6-14(19)7-3-12/h2-9,15,17,21H,10-11H2,1H3/t15-,17-/m1/s1. The summed E-state index contributed by atoms with van der Waals surface area (Å²) in [6.07, 6.45) is -0.125. The number of hydrogen-bond donors (Lipinski definition) is 1. The summed E-state index contributed by atoms with van der Waals surface area (Å²) in [6, 6.07) is 12.7. The van der Waals surface area contributed by atoms with Gasteiger partial charge in [0, 0.05) is 12.1 Å². The number of nitrogens with zero attached hydrogens (tertiary/aromatic N) is 1. The molecule has 0 unspecified atom stereocenters. The molecule has 120 valence electrons. The second kappa shape index (κ2) is 6.38. The Kier molecular flexibility index (Phi) is 4.30. The number of aliphatic hydroxyl groups excluding tert-OH is 1. The van der Waals surface area contributed by atoms with Crippen LogP contribution in [0.4, 0.5) is 4.39 Å². The number of methoxy groups -OCH3 is 1. The molecular weight excluding hydrogens is 297 g/mol. The van der Waals surface area contributed by atoms with E-state index in [-0.39, 0.29) is 24.3 Å². The van der Waals surface area contributed by atoms with E-state index in [4.69, 9.17) is 4.74 Å². The van der Waals surface area contributed by atoms with E-state index in [9.17, 15) is 14.3 Å². The van der Waals surface area contributed by atoms with Crippen molar-refractivity contribution in [3.05, 3.63) is 65.5 Å². The third-order valence-corrected chi connectivity index (χ3v) is 4.13. The van der Waals surface area contributed by atoms with E-state index >= 15 is 0 Å². The molecule has 2 aromatic rings. The molecule has 1 fully saturated rings. The Hall–Kier alpha value is -2.40. The number of rotatable bonds is 3. The van der Waals surface area contributed by atoms with Crippen molar-refractivity contribution >= 4 is 5.91 Å². The van der Waals surface area contributed by atoms with Crippen molar-refractivity contribution in [2.24, 2.45) is 0 Å². The van der Waals surface area contributed by atoms with Gasteiger partial charge in [-0.3, -0.25) is 4.79 Å². The first-order valence-electron chi connectivity index (χ1n) is 7.47. The SMILES string of the molecule is COc1ccc(C(=O)N2C[C@H](O)C[C@@H]2c2ccc(F)cc2)cc1. The van der Waals surface area contributed by atoms with Crippen LogP contribution in [-0.2, 0) is 0 Å². The number of ether oxygens (including phenoxy) is 1. The molecule has 23 heavy (non-hydrogen) atoms. The van der Waals surface area contributed by atoms with Crippen LogP contribution >= 0.6 is 0 Å². The van der Waals surface area contributed by atoms with Gasteiger partial charge in [-0.25, -0.2) is 4.39 Å². The van der Waals surface area contributed by atoms with Gasteiger partial charge in [-0.15, -0.1) is 0 Å². The summed E-state index contributed by atoms with van der Waals surface area (Å²) in [5, 5.41) is 9.98. The number of carbonyl (C=O) groups excluding carboxylic acids is 1. The molecule has 0 spiro atoms. The summed E-state index contributed by atoms with van der Waals surface area (Å²) in [4.78, 5) is 14.4. The molecule has 1 heterocycles. The highest BCUT2D eigenvalue weighted by atomic mass is 19.1. The van der Waals surface area contributed by atoms with E-state index in [1.807, 2.05) is 0 Å². The molecule has 0 aromatic heterocycles. The van der Waals surface area contributed by atoms with E-state index in [2.05, 4.69) is 0 Å². The van der Waals surface area contributed by atoms with Gasteiger partial charge in [-0.05, 0) is 48.4 Å². The quantitative estimate of drug-likeness (QED) is 0.947. The minimum atomic E-state index is -0.577. The molecule has 3 rings (SSSR count). The average molecular weight is 315 g/mol. The Morgan fingerprint density at radius 1 is 1.17 bits per heavy atom. The zero-order chi connectivity index (χ0) is 16.4. The second-order valence-corrected chi connectivity index (χ2v) is 5.64. The Bertz CT molecular complexity index is 684. The van der Waals surface area contributed by atoms with Crippen LogP contribution in [0.25, 0.3) is 0 Å². The van der Waals surface area contributed by atoms with Gasteiger partial charge in [0.25, 0.3) is 5.91 Å². The van der Waals surface area contributed by atoms with Crippen LogP contribution < -0.4 is 4.74 Å². The third-order valence-electron chi connectivity index (χ3n) is 4.13. The smallest absolute Gasteiger partial charge is 0.254 e. The molecule has 5 heteroatoms. The van der Waals surface area contributed by atoms with Gasteiger partial charge in [-0.1, -0.05) is 12.1 Å². The van der Waals surface area contributed by atoms with Crippen LogP contribution in [0.15, 0.2) is 48.5 Å². The van der Waals surface area contributed by atoms with Crippen molar-refractivity contribution in [3.8, 4) is 5.75 Å². The first-order valence-corrected chi connectivity index (χ1v) is 7.47. The van der Waals surface area contributed by atoms with Gasteiger partial charge >= 0.3 is 0 Å². The fraction of sp³-hybridized carbons (Fsp3) is 0.278. The van der Waals surface area contributed by atoms with Crippen molar-refractivity contribution in [1.29, 1.82) is 0 Å². The number of hydrogen-bond acceptors (Lipinski definition) is 3. The lowest BCUT2D eigenvalue weighted by Crippen LogP contribution is -2.31. The van der Waals surface area contributed by atoms with Crippen LogP contribution in [0.1, 0.15) is 28.4 Å². The van der Waals surface area contributed by atoms with Gasteiger partial charge in [0.2, 0.25) is 0 Å². The fourth-order valence-corrected chi connectivity index (χ4v) is 2.94. The summed E-state index contributed by atoms with van der Waals surface area (Å²) < 4.78 is 18.2. The zero-order valence-electron chi connectivity index (χ0n) is 12.8. The van der Waals surface area contributed by atoms with Gasteiger partial charge < -0.3 is 14.7 Å². The van der Waals surface area contributed by atoms with Gasteiger partial charge in [0.05, 0.1) is 19.3 Å². The molecular formula is C18H18FNO3. The first-order chi connectivity index (χ1) is 11.1. The summed E-state index contributed by atoms with van der Waals surface area (Å²) in [5.74, 6) is 0.206. The van der Waals surface area contributed by atoms with Crippen molar-refractivity contribution in [1.82, 2.24) is 4.90 Å². The summed E-state index contributed by atoms with van der Waals surface area (Å²) in [5.41, 5.74) is 1.36. The lowest BCUT2D eigenvalue weighted by molar-refractivity contribution is 0.0716. The molecule has 0 saturated carbocycles. The number of likely N-dealkylation sites (tertiary alicyclic amines) is 1. The summed E-state index contributed by atoms with van der Waals surface area (Å²) in [7, 11) is 1.57. The van der Waals surface area contributed by atoms with E-state index in [0.717, 1.165) is 5.56 Å². The third kappa shape index (κ3) is 3.19. The molecule has 1 amide bonds. The van der Waals surface area contributed by atoms with Crippen molar-refractivity contribution in [3.63, 3.8) is 0 Å². The molecule has 0 radical (unpaired) electrons. The van der Waals surface area contributed by atoms with Gasteiger partial charge in [-0.2, -0.15) is 0 Å². The highest BCUT2D eigenvalue weighted by Gasteiger charge is 2.35. The van der Waals surface area contributed by atoms with Crippen LogP contribution in [0.5, 0.6) is 5.75 Å². The maximum atomic E-state index is 13.1. The summed E-state index contributed by atoms with van der Waals surface area (Å²) >= 11 is 0. The minimum absolute atomic E-state index is 0.154. The Morgan fingerprint density at radius 2 is 1.83 bits per heavy atom. The van der Waals surface area contributed by atoms with Crippen LogP contribution in [-0.4, -0.2) is 35.7 Å². The predicted octanol–water partition coefficient (Wildman–Crippen LogP) is 2.78. The van der Waals surface area contributed by atoms with Crippen LogP contribution in [0.2, 0.25) is 0 Å². The van der Waals surface area contributed by atoms with Gasteiger partial charge in [0.1, 0.15) is 11.6 Å². The monoisotopic (exact) mass is 315 g/mol. The van der Waals surface area contributed by atoms with E-state index < -0.39 is 6.10 Å². The Labute approximate surface area is 134 Å². The number of amides is 1. The molecule has 2 aromatic carbocycles. The molecule has 0 bridgehead atoms. The molecule has 1 N–H and O–H groups in total. The van der Waals surface area contributed by atoms with Crippen molar-refractivity contribution in [2.45, 2.75) is 18.6 Å². The maximum absolute atomic E-state index is 13.1. The molecule has 1 aliphatic rings. The molecule has 1 aliphatic heterocycles. The van der Waals surface area contributed by atoms with Crippen molar-refractivity contribution < 1.29 is 19.0 Å². The van der Waals surface area contributed by atoms with E-state index in [0.29, 0.717) is 17.7 Å². The number of aliphatic hydroxyl groups is 1. The fourth-order valence-electron chi connectivity index (χ4n) is 2.94. The largest absolute Gasteiger partial charge is 0.497 e. The van der Waals surface area contributed by atoms with Crippen molar-refractivity contribution in [2.75, 3.05) is 13.7 Å². The minimum Gasteiger partial charge on any atom is -0.497 e. The zero-order valence-corrected chi connectivity index (χ0v) is 12.8. The summed E-state index contributed by atoms with van der Waals surface area (Å²) in [6.45, 7) is 0.271. The average Bonchev–Trinajstić information content (AvgIpc) is 2.97. The predicted molar refractivity (Wildman–Crippen MR) is 83.8 cm³/mol. The van der Waals surface area contributed by atoms with Gasteiger partial charge in [0.15, 0.2) is 0 Å². The Morgan fingerprint density at radius 3 is 2.43 bits per heavy atom. The van der Waals surface area contributed by atoms with Crippen LogP contribution in [0, 0.1) is 5.82 Å². The number of carbonyl (C=O) groups is 1. The highest BCUT2D eigenvalue weighted by molar-refractivity contribution is 5.94. The number of benzene rings is 2. The van der Waals surface area contributed by atoms with E-state index in [1.54, 1.807) is 48.4 Å². The first kappa shape index (κ1) is 15.5. The Balaban J connectivity index is 1.86. The lowest BCUT2D eigenvalue weighted by Gasteiger charge is -2.25. The molecule has 0 aliphatic carbocycles. The van der Waals surface area contributed by atoms with Crippen LogP contribution in [0.3, 0.4) is 0 Å². The second-order valence-electron chi connectivity index (χ2n) is 5.64. The lowest BCUT2D eigenvalue weighted by atomic mass is 10.0. The normalized spacial score (nSPS) is 20.6. The maximum Gasteiger partial charge on any atom is 0.254 e. The molecule has 2 atom stereocenters. The topological polar surface area (TPSA) is 49.8 Å². The molecule has 1 saturated heterocycles.